The van der Waals surface area contributed by atoms with Gasteiger partial charge >= 0.3 is 0 Å². The van der Waals surface area contributed by atoms with Crippen molar-refractivity contribution in [2.24, 2.45) is 5.92 Å². The van der Waals surface area contributed by atoms with E-state index in [1.807, 2.05) is 13.8 Å². The fourth-order valence-electron chi connectivity index (χ4n) is 2.84. The van der Waals surface area contributed by atoms with E-state index >= 15 is 0 Å². The quantitative estimate of drug-likeness (QED) is 0.783. The van der Waals surface area contributed by atoms with Gasteiger partial charge in [0.1, 0.15) is 5.82 Å². The van der Waals surface area contributed by atoms with Gasteiger partial charge < -0.3 is 5.32 Å². The van der Waals surface area contributed by atoms with Gasteiger partial charge in [-0.2, -0.15) is 0 Å². The van der Waals surface area contributed by atoms with Crippen LogP contribution in [0.5, 0.6) is 0 Å². The molecule has 0 aliphatic carbocycles. The summed E-state index contributed by atoms with van der Waals surface area (Å²) in [5.41, 5.74) is 3.39. The molecule has 0 aliphatic rings. The highest BCUT2D eigenvalue weighted by molar-refractivity contribution is 5.37. The highest BCUT2D eigenvalue weighted by Gasteiger charge is 2.21. The zero-order valence-electron chi connectivity index (χ0n) is 12.3. The van der Waals surface area contributed by atoms with Gasteiger partial charge in [-0.1, -0.05) is 27.2 Å². The van der Waals surface area contributed by atoms with Crippen molar-refractivity contribution in [3.05, 3.63) is 34.6 Å². The van der Waals surface area contributed by atoms with Crippen molar-refractivity contribution in [1.29, 1.82) is 0 Å². The van der Waals surface area contributed by atoms with Gasteiger partial charge in [-0.15, -0.1) is 0 Å². The van der Waals surface area contributed by atoms with Crippen LogP contribution in [0.1, 0.15) is 56.3 Å². The third kappa shape index (κ3) is 3.55. The molecule has 0 aromatic heterocycles. The van der Waals surface area contributed by atoms with Gasteiger partial charge in [-0.05, 0) is 61.6 Å². The van der Waals surface area contributed by atoms with Crippen LogP contribution in [0.3, 0.4) is 0 Å². The molecule has 102 valence electrons. The summed E-state index contributed by atoms with van der Waals surface area (Å²) < 4.78 is 13.4. The summed E-state index contributed by atoms with van der Waals surface area (Å²) in [5.74, 6) is 0.435. The van der Waals surface area contributed by atoms with E-state index in [9.17, 15) is 4.39 Å². The number of hydrogen-bond acceptors (Lipinski definition) is 1. The summed E-state index contributed by atoms with van der Waals surface area (Å²) in [4.78, 5) is 0. The third-order valence-electron chi connectivity index (χ3n) is 3.61. The van der Waals surface area contributed by atoms with E-state index in [1.54, 1.807) is 12.1 Å². The average molecular weight is 251 g/mol. The molecule has 0 spiro atoms. The Balaban J connectivity index is 3.12. The number of benzene rings is 1. The molecule has 0 radical (unpaired) electrons. The summed E-state index contributed by atoms with van der Waals surface area (Å²) in [7, 11) is 0. The Labute approximate surface area is 111 Å². The molecule has 1 aromatic carbocycles. The van der Waals surface area contributed by atoms with Crippen LogP contribution in [0.15, 0.2) is 12.1 Å². The SMILES string of the molecule is CCCC(C)C(NCC)c1c(C)cc(F)cc1C. The topological polar surface area (TPSA) is 12.0 Å². The number of rotatable bonds is 6. The molecule has 0 aliphatic heterocycles. The lowest BCUT2D eigenvalue weighted by Gasteiger charge is -2.28. The Kier molecular flexibility index (Phi) is 5.80. The fraction of sp³-hybridized carbons (Fsp3) is 0.625. The lowest BCUT2D eigenvalue weighted by atomic mass is 9.86. The zero-order chi connectivity index (χ0) is 13.7. The van der Waals surface area contributed by atoms with Gasteiger partial charge in [-0.3, -0.25) is 0 Å². The van der Waals surface area contributed by atoms with Crippen molar-refractivity contribution in [2.45, 2.75) is 53.5 Å². The second-order valence-corrected chi connectivity index (χ2v) is 5.25. The van der Waals surface area contributed by atoms with E-state index in [2.05, 4.69) is 26.1 Å². The second kappa shape index (κ2) is 6.89. The molecular formula is C16H26FN. The number of nitrogens with one attached hydrogen (secondary N) is 1. The summed E-state index contributed by atoms with van der Waals surface area (Å²) in [6, 6.07) is 3.62. The minimum atomic E-state index is -0.132. The molecule has 2 unspecified atom stereocenters. The van der Waals surface area contributed by atoms with Crippen LogP contribution in [0.4, 0.5) is 4.39 Å². The molecule has 1 N–H and O–H groups in total. The molecule has 0 amide bonds. The maximum absolute atomic E-state index is 13.4. The first kappa shape index (κ1) is 15.2. The molecule has 0 saturated carbocycles. The highest BCUT2D eigenvalue weighted by atomic mass is 19.1. The first-order valence-corrected chi connectivity index (χ1v) is 7.01. The van der Waals surface area contributed by atoms with Gasteiger partial charge in [0.15, 0.2) is 0 Å². The van der Waals surface area contributed by atoms with E-state index in [0.29, 0.717) is 12.0 Å². The summed E-state index contributed by atoms with van der Waals surface area (Å²) >= 11 is 0. The Morgan fingerprint density at radius 2 is 1.72 bits per heavy atom. The molecule has 1 aromatic rings. The largest absolute Gasteiger partial charge is 0.310 e. The van der Waals surface area contributed by atoms with Crippen LogP contribution in [0, 0.1) is 25.6 Å². The summed E-state index contributed by atoms with van der Waals surface area (Å²) in [5, 5.41) is 3.56. The van der Waals surface area contributed by atoms with Crippen LogP contribution in [-0.2, 0) is 0 Å². The molecule has 0 saturated heterocycles. The van der Waals surface area contributed by atoms with E-state index in [0.717, 1.165) is 17.7 Å². The van der Waals surface area contributed by atoms with Gasteiger partial charge in [0.05, 0.1) is 0 Å². The third-order valence-corrected chi connectivity index (χ3v) is 3.61. The first-order valence-electron chi connectivity index (χ1n) is 7.01. The minimum absolute atomic E-state index is 0.132. The smallest absolute Gasteiger partial charge is 0.123 e. The van der Waals surface area contributed by atoms with Crippen molar-refractivity contribution in [2.75, 3.05) is 6.54 Å². The molecule has 0 fully saturated rings. The normalized spacial score (nSPS) is 14.6. The van der Waals surface area contributed by atoms with Gasteiger partial charge in [0, 0.05) is 6.04 Å². The zero-order valence-corrected chi connectivity index (χ0v) is 12.3. The average Bonchev–Trinajstić information content (AvgIpc) is 2.26. The summed E-state index contributed by atoms with van der Waals surface area (Å²) in [6.07, 6.45) is 2.37. The Morgan fingerprint density at radius 3 is 2.17 bits per heavy atom. The Bertz CT molecular complexity index is 364. The van der Waals surface area contributed by atoms with Crippen molar-refractivity contribution in [1.82, 2.24) is 5.32 Å². The van der Waals surface area contributed by atoms with Crippen molar-refractivity contribution in [3.63, 3.8) is 0 Å². The Morgan fingerprint density at radius 1 is 1.17 bits per heavy atom. The summed E-state index contributed by atoms with van der Waals surface area (Å²) in [6.45, 7) is 11.6. The standard InChI is InChI=1S/C16H26FN/c1-6-8-11(3)16(18-7-2)15-12(4)9-14(17)10-13(15)5/h9-11,16,18H,6-8H2,1-5H3. The Hall–Kier alpha value is -0.890. The van der Waals surface area contributed by atoms with E-state index in [1.165, 1.54) is 18.4 Å². The van der Waals surface area contributed by atoms with Crippen molar-refractivity contribution in [3.8, 4) is 0 Å². The molecule has 1 rings (SSSR count). The molecular weight excluding hydrogens is 225 g/mol. The molecule has 2 heteroatoms. The second-order valence-electron chi connectivity index (χ2n) is 5.25. The van der Waals surface area contributed by atoms with Crippen LogP contribution >= 0.6 is 0 Å². The fourth-order valence-corrected chi connectivity index (χ4v) is 2.84. The molecule has 0 heterocycles. The lowest BCUT2D eigenvalue weighted by molar-refractivity contribution is 0.366. The maximum atomic E-state index is 13.4. The molecule has 2 atom stereocenters. The molecule has 0 bridgehead atoms. The number of hydrogen-bond donors (Lipinski definition) is 1. The molecule has 1 nitrogen and oxygen atoms in total. The first-order chi connectivity index (χ1) is 8.51. The number of aryl methyl sites for hydroxylation is 2. The highest BCUT2D eigenvalue weighted by Crippen LogP contribution is 2.30. The van der Waals surface area contributed by atoms with Crippen molar-refractivity contribution < 1.29 is 4.39 Å². The van der Waals surface area contributed by atoms with Crippen LogP contribution in [-0.4, -0.2) is 6.54 Å². The minimum Gasteiger partial charge on any atom is -0.310 e. The lowest BCUT2D eigenvalue weighted by Crippen LogP contribution is -2.28. The van der Waals surface area contributed by atoms with E-state index in [-0.39, 0.29) is 5.82 Å². The van der Waals surface area contributed by atoms with Gasteiger partial charge in [0.25, 0.3) is 0 Å². The van der Waals surface area contributed by atoms with Crippen LogP contribution in [0.25, 0.3) is 0 Å². The van der Waals surface area contributed by atoms with Gasteiger partial charge in [0.2, 0.25) is 0 Å². The van der Waals surface area contributed by atoms with Crippen LogP contribution in [0.2, 0.25) is 0 Å². The monoisotopic (exact) mass is 251 g/mol. The predicted molar refractivity (Wildman–Crippen MR) is 76.4 cm³/mol. The number of halogens is 1. The van der Waals surface area contributed by atoms with E-state index in [4.69, 9.17) is 0 Å². The van der Waals surface area contributed by atoms with Crippen LogP contribution < -0.4 is 5.32 Å². The van der Waals surface area contributed by atoms with Gasteiger partial charge in [-0.25, -0.2) is 4.39 Å². The predicted octanol–water partition coefficient (Wildman–Crippen LogP) is 4.53. The van der Waals surface area contributed by atoms with E-state index < -0.39 is 0 Å². The van der Waals surface area contributed by atoms with Crippen molar-refractivity contribution >= 4 is 0 Å². The molecule has 18 heavy (non-hydrogen) atoms. The maximum Gasteiger partial charge on any atom is 0.123 e.